The maximum absolute atomic E-state index is 12.0. The van der Waals surface area contributed by atoms with Gasteiger partial charge in [-0.25, -0.2) is 4.79 Å². The van der Waals surface area contributed by atoms with E-state index in [0.29, 0.717) is 17.9 Å². The highest BCUT2D eigenvalue weighted by Crippen LogP contribution is 2.12. The summed E-state index contributed by atoms with van der Waals surface area (Å²) < 4.78 is 15.0. The van der Waals surface area contributed by atoms with E-state index in [9.17, 15) is 14.4 Å². The molecule has 1 unspecified atom stereocenters. The van der Waals surface area contributed by atoms with Crippen molar-refractivity contribution in [1.29, 1.82) is 0 Å². The van der Waals surface area contributed by atoms with Crippen LogP contribution in [-0.4, -0.2) is 37.0 Å². The Morgan fingerprint density at radius 1 is 1.17 bits per heavy atom. The molecule has 122 valence electrons. The van der Waals surface area contributed by atoms with Gasteiger partial charge in [0, 0.05) is 11.3 Å². The zero-order valence-electron chi connectivity index (χ0n) is 12.8. The van der Waals surface area contributed by atoms with E-state index in [0.717, 1.165) is 6.26 Å². The highest BCUT2D eigenvalue weighted by atomic mass is 16.6. The molecule has 1 aromatic carbocycles. The maximum atomic E-state index is 12.0. The van der Waals surface area contributed by atoms with Crippen LogP contribution >= 0.6 is 0 Å². The van der Waals surface area contributed by atoms with Gasteiger partial charge in [-0.05, 0) is 38.1 Å². The number of ether oxygens (including phenoxy) is 3. The van der Waals surface area contributed by atoms with Crippen molar-refractivity contribution < 1.29 is 28.6 Å². The molecule has 23 heavy (non-hydrogen) atoms. The average Bonchev–Trinajstić information content (AvgIpc) is 2.56. The van der Waals surface area contributed by atoms with Crippen LogP contribution in [0.5, 0.6) is 0 Å². The van der Waals surface area contributed by atoms with Gasteiger partial charge in [0.15, 0.2) is 11.9 Å². The molecule has 0 spiro atoms. The van der Waals surface area contributed by atoms with Crippen LogP contribution < -0.4 is 5.32 Å². The van der Waals surface area contributed by atoms with E-state index in [4.69, 9.17) is 14.2 Å². The molecule has 7 nitrogen and oxygen atoms in total. The summed E-state index contributed by atoms with van der Waals surface area (Å²) in [6.07, 6.45) is 0.151. The summed E-state index contributed by atoms with van der Waals surface area (Å²) >= 11 is 0. The van der Waals surface area contributed by atoms with Gasteiger partial charge in [-0.1, -0.05) is 0 Å². The number of rotatable bonds is 5. The standard InChI is InChI=1S/C16H17NO6/c1-10(18)12-3-5-13(6-4-12)17-15(19)11(2)23-16(20)14-9-21-7-8-22-14/h3-6,9,11H,7-8H2,1-2H3,(H,17,19). The minimum absolute atomic E-state index is 0.0619. The van der Waals surface area contributed by atoms with Gasteiger partial charge in [-0.2, -0.15) is 0 Å². The number of esters is 1. The Morgan fingerprint density at radius 3 is 2.43 bits per heavy atom. The first-order chi connectivity index (χ1) is 11.0. The van der Waals surface area contributed by atoms with E-state index in [1.54, 1.807) is 24.3 Å². The number of carbonyl (C=O) groups is 3. The van der Waals surface area contributed by atoms with Crippen molar-refractivity contribution in [3.05, 3.63) is 41.9 Å². The lowest BCUT2D eigenvalue weighted by atomic mass is 10.1. The van der Waals surface area contributed by atoms with Crippen LogP contribution in [-0.2, 0) is 23.8 Å². The maximum Gasteiger partial charge on any atom is 0.377 e. The van der Waals surface area contributed by atoms with Crippen LogP contribution in [0.4, 0.5) is 5.69 Å². The highest BCUT2D eigenvalue weighted by molar-refractivity contribution is 5.98. The lowest BCUT2D eigenvalue weighted by Crippen LogP contribution is -2.31. The van der Waals surface area contributed by atoms with Gasteiger partial charge < -0.3 is 19.5 Å². The molecule has 1 heterocycles. The fourth-order valence-corrected chi connectivity index (χ4v) is 1.78. The Balaban J connectivity index is 1.90. The predicted molar refractivity (Wildman–Crippen MR) is 80.6 cm³/mol. The topological polar surface area (TPSA) is 90.9 Å². The van der Waals surface area contributed by atoms with Crippen molar-refractivity contribution in [2.45, 2.75) is 20.0 Å². The summed E-state index contributed by atoms with van der Waals surface area (Å²) in [5.74, 6) is -1.39. The van der Waals surface area contributed by atoms with Gasteiger partial charge in [0.05, 0.1) is 0 Å². The summed E-state index contributed by atoms with van der Waals surface area (Å²) in [4.78, 5) is 35.0. The molecule has 1 aliphatic heterocycles. The number of carbonyl (C=O) groups excluding carboxylic acids is 3. The minimum atomic E-state index is -1.01. The van der Waals surface area contributed by atoms with Gasteiger partial charge >= 0.3 is 5.97 Å². The molecule has 1 atom stereocenters. The Bertz CT molecular complexity index is 634. The van der Waals surface area contributed by atoms with Crippen molar-refractivity contribution in [1.82, 2.24) is 0 Å². The van der Waals surface area contributed by atoms with E-state index >= 15 is 0 Å². The van der Waals surface area contributed by atoms with Crippen LogP contribution in [0.3, 0.4) is 0 Å². The number of ketones is 1. The molecule has 0 aromatic heterocycles. The molecule has 7 heteroatoms. The number of benzene rings is 1. The van der Waals surface area contributed by atoms with Crippen LogP contribution in [0.2, 0.25) is 0 Å². The fraction of sp³-hybridized carbons (Fsp3) is 0.312. The van der Waals surface area contributed by atoms with E-state index < -0.39 is 18.0 Å². The molecular formula is C16H17NO6. The fourth-order valence-electron chi connectivity index (χ4n) is 1.78. The predicted octanol–water partition coefficient (Wildman–Crippen LogP) is 1.65. The van der Waals surface area contributed by atoms with E-state index in [2.05, 4.69) is 5.32 Å². The van der Waals surface area contributed by atoms with E-state index in [-0.39, 0.29) is 18.1 Å². The monoisotopic (exact) mass is 319 g/mol. The number of nitrogens with one attached hydrogen (secondary N) is 1. The van der Waals surface area contributed by atoms with Gasteiger partial charge in [0.1, 0.15) is 19.5 Å². The highest BCUT2D eigenvalue weighted by Gasteiger charge is 2.23. The summed E-state index contributed by atoms with van der Waals surface area (Å²) in [7, 11) is 0. The Kier molecular flexibility index (Phi) is 5.35. The number of amides is 1. The molecular weight excluding hydrogens is 302 g/mol. The first-order valence-corrected chi connectivity index (χ1v) is 7.05. The minimum Gasteiger partial charge on any atom is -0.493 e. The molecule has 0 bridgehead atoms. The molecule has 0 saturated heterocycles. The first-order valence-electron chi connectivity index (χ1n) is 7.05. The van der Waals surface area contributed by atoms with Crippen molar-refractivity contribution >= 4 is 23.3 Å². The summed E-state index contributed by atoms with van der Waals surface area (Å²) in [5, 5.41) is 2.60. The largest absolute Gasteiger partial charge is 0.493 e. The van der Waals surface area contributed by atoms with Crippen LogP contribution in [0.1, 0.15) is 24.2 Å². The molecule has 0 radical (unpaired) electrons. The quantitative estimate of drug-likeness (QED) is 0.655. The SMILES string of the molecule is CC(=O)c1ccc(NC(=O)C(C)OC(=O)C2=COCCO2)cc1. The zero-order chi connectivity index (χ0) is 16.8. The van der Waals surface area contributed by atoms with Gasteiger partial charge in [0.25, 0.3) is 5.91 Å². The van der Waals surface area contributed by atoms with E-state index in [1.807, 2.05) is 0 Å². The third-order valence-corrected chi connectivity index (χ3v) is 3.06. The summed E-state index contributed by atoms with van der Waals surface area (Å²) in [6, 6.07) is 6.41. The smallest absolute Gasteiger partial charge is 0.377 e. The van der Waals surface area contributed by atoms with Crippen molar-refractivity contribution in [2.24, 2.45) is 0 Å². The number of Topliss-reactive ketones (excluding diaryl/α,β-unsaturated/α-hetero) is 1. The van der Waals surface area contributed by atoms with Crippen LogP contribution in [0, 0.1) is 0 Å². The molecule has 1 aliphatic rings. The second-order valence-corrected chi connectivity index (χ2v) is 4.87. The van der Waals surface area contributed by atoms with Crippen molar-refractivity contribution in [2.75, 3.05) is 18.5 Å². The third-order valence-electron chi connectivity index (χ3n) is 3.06. The Morgan fingerprint density at radius 2 is 1.87 bits per heavy atom. The second kappa shape index (κ2) is 7.44. The zero-order valence-corrected chi connectivity index (χ0v) is 12.8. The second-order valence-electron chi connectivity index (χ2n) is 4.87. The van der Waals surface area contributed by atoms with Crippen molar-refractivity contribution in [3.63, 3.8) is 0 Å². The Labute approximate surface area is 133 Å². The first kappa shape index (κ1) is 16.5. The van der Waals surface area contributed by atoms with Gasteiger partial charge in [-0.15, -0.1) is 0 Å². The lowest BCUT2D eigenvalue weighted by Gasteiger charge is -2.17. The molecule has 1 N–H and O–H groups in total. The van der Waals surface area contributed by atoms with Crippen molar-refractivity contribution in [3.8, 4) is 0 Å². The van der Waals surface area contributed by atoms with Crippen LogP contribution in [0.25, 0.3) is 0 Å². The molecule has 1 amide bonds. The number of anilines is 1. The Hall–Kier alpha value is -2.83. The number of hydrogen-bond donors (Lipinski definition) is 1. The summed E-state index contributed by atoms with van der Waals surface area (Å²) in [6.45, 7) is 3.52. The molecule has 1 aromatic rings. The molecule has 0 aliphatic carbocycles. The molecule has 2 rings (SSSR count). The van der Waals surface area contributed by atoms with Crippen LogP contribution in [0.15, 0.2) is 36.3 Å². The average molecular weight is 319 g/mol. The molecule has 0 fully saturated rings. The van der Waals surface area contributed by atoms with Gasteiger partial charge in [0.2, 0.25) is 5.76 Å². The molecule has 0 saturated carbocycles. The normalized spacial score (nSPS) is 14.6. The summed E-state index contributed by atoms with van der Waals surface area (Å²) in [5.41, 5.74) is 1.04. The van der Waals surface area contributed by atoms with Gasteiger partial charge in [-0.3, -0.25) is 9.59 Å². The van der Waals surface area contributed by atoms with E-state index in [1.165, 1.54) is 13.8 Å². The lowest BCUT2D eigenvalue weighted by molar-refractivity contribution is -0.153. The number of hydrogen-bond acceptors (Lipinski definition) is 6. The third kappa shape index (κ3) is 4.57.